The first-order chi connectivity index (χ1) is 4.18. The number of amides is 1. The molecule has 9 heavy (non-hydrogen) atoms. The van der Waals surface area contributed by atoms with Gasteiger partial charge in [-0.1, -0.05) is 0 Å². The standard InChI is InChI=1S/C5H10N2O2/c1-3(6)9-5-2-4(8)7-5/h3,5H,2,6H2,1H3,(H,7,8). The van der Waals surface area contributed by atoms with E-state index in [0.29, 0.717) is 6.42 Å². The zero-order valence-corrected chi connectivity index (χ0v) is 5.26. The van der Waals surface area contributed by atoms with Crippen molar-refractivity contribution in [3.63, 3.8) is 0 Å². The third-order valence-corrected chi connectivity index (χ3v) is 1.07. The van der Waals surface area contributed by atoms with Crippen molar-refractivity contribution >= 4 is 5.91 Å². The molecule has 0 aromatic carbocycles. The van der Waals surface area contributed by atoms with Gasteiger partial charge in [0.1, 0.15) is 12.5 Å². The van der Waals surface area contributed by atoms with Crippen LogP contribution >= 0.6 is 0 Å². The van der Waals surface area contributed by atoms with Gasteiger partial charge >= 0.3 is 0 Å². The van der Waals surface area contributed by atoms with Gasteiger partial charge < -0.3 is 15.8 Å². The van der Waals surface area contributed by atoms with Crippen LogP contribution in [0.15, 0.2) is 0 Å². The van der Waals surface area contributed by atoms with Crippen molar-refractivity contribution in [3.8, 4) is 0 Å². The van der Waals surface area contributed by atoms with E-state index in [-0.39, 0.29) is 18.4 Å². The lowest BCUT2D eigenvalue weighted by molar-refractivity contribution is -0.144. The number of rotatable bonds is 2. The maximum atomic E-state index is 10.3. The molecule has 1 heterocycles. The quantitative estimate of drug-likeness (QED) is 0.378. The van der Waals surface area contributed by atoms with Gasteiger partial charge in [0.05, 0.1) is 6.42 Å². The second-order valence-corrected chi connectivity index (χ2v) is 2.10. The molecule has 0 aromatic heterocycles. The van der Waals surface area contributed by atoms with Crippen molar-refractivity contribution in [1.82, 2.24) is 5.32 Å². The number of nitrogens with two attached hydrogens (primary N) is 1. The summed E-state index contributed by atoms with van der Waals surface area (Å²) in [5.41, 5.74) is 5.27. The monoisotopic (exact) mass is 130 g/mol. The van der Waals surface area contributed by atoms with Crippen LogP contribution in [-0.2, 0) is 9.53 Å². The maximum Gasteiger partial charge on any atom is 0.226 e. The maximum absolute atomic E-state index is 10.3. The van der Waals surface area contributed by atoms with Gasteiger partial charge in [0.25, 0.3) is 0 Å². The molecule has 1 aliphatic rings. The first-order valence-electron chi connectivity index (χ1n) is 2.89. The third kappa shape index (κ3) is 1.65. The molecule has 0 aromatic rings. The molecule has 1 fully saturated rings. The van der Waals surface area contributed by atoms with Crippen molar-refractivity contribution in [3.05, 3.63) is 0 Å². The van der Waals surface area contributed by atoms with Crippen molar-refractivity contribution < 1.29 is 9.53 Å². The Bertz CT molecular complexity index is 116. The van der Waals surface area contributed by atoms with Crippen molar-refractivity contribution in [2.45, 2.75) is 25.8 Å². The second kappa shape index (κ2) is 2.33. The predicted octanol–water partition coefficient (Wildman–Crippen LogP) is -0.846. The molecule has 2 atom stereocenters. The number of hydrogen-bond acceptors (Lipinski definition) is 3. The van der Waals surface area contributed by atoms with E-state index >= 15 is 0 Å². The summed E-state index contributed by atoms with van der Waals surface area (Å²) in [6, 6.07) is 0. The van der Waals surface area contributed by atoms with Crippen LogP contribution in [0, 0.1) is 0 Å². The lowest BCUT2D eigenvalue weighted by Crippen LogP contribution is -2.52. The average molecular weight is 130 g/mol. The molecule has 0 bridgehead atoms. The fraction of sp³-hybridized carbons (Fsp3) is 0.800. The molecule has 0 aliphatic carbocycles. The van der Waals surface area contributed by atoms with Crippen molar-refractivity contribution in [2.75, 3.05) is 0 Å². The summed E-state index contributed by atoms with van der Waals surface area (Å²) >= 11 is 0. The average Bonchev–Trinajstić information content (AvgIpc) is 1.60. The van der Waals surface area contributed by atoms with Gasteiger partial charge in [0, 0.05) is 0 Å². The molecule has 3 N–H and O–H groups in total. The Balaban J connectivity index is 2.11. The Hall–Kier alpha value is -0.610. The Morgan fingerprint density at radius 3 is 2.89 bits per heavy atom. The Labute approximate surface area is 53.4 Å². The summed E-state index contributed by atoms with van der Waals surface area (Å²) in [5, 5.41) is 2.53. The summed E-state index contributed by atoms with van der Waals surface area (Å²) in [4.78, 5) is 10.3. The van der Waals surface area contributed by atoms with E-state index in [0.717, 1.165) is 0 Å². The highest BCUT2D eigenvalue weighted by molar-refractivity contribution is 5.82. The van der Waals surface area contributed by atoms with Crippen LogP contribution in [-0.4, -0.2) is 18.4 Å². The molecule has 0 spiro atoms. The van der Waals surface area contributed by atoms with Gasteiger partial charge in [0.15, 0.2) is 0 Å². The second-order valence-electron chi connectivity index (χ2n) is 2.10. The van der Waals surface area contributed by atoms with Crippen LogP contribution in [0.4, 0.5) is 0 Å². The Kier molecular flexibility index (Phi) is 1.68. The fourth-order valence-corrected chi connectivity index (χ4v) is 0.668. The van der Waals surface area contributed by atoms with Gasteiger partial charge in [-0.3, -0.25) is 4.79 Å². The topological polar surface area (TPSA) is 64.3 Å². The third-order valence-electron chi connectivity index (χ3n) is 1.07. The van der Waals surface area contributed by atoms with Crippen LogP contribution in [0.25, 0.3) is 0 Å². The minimum Gasteiger partial charge on any atom is -0.340 e. The number of β-lactam (4-membered cyclic amide) rings is 1. The summed E-state index contributed by atoms with van der Waals surface area (Å²) < 4.78 is 5.00. The van der Waals surface area contributed by atoms with Gasteiger partial charge in [-0.2, -0.15) is 0 Å². The summed E-state index contributed by atoms with van der Waals surface area (Å²) in [5.74, 6) is 0.0284. The first kappa shape index (κ1) is 6.51. The first-order valence-corrected chi connectivity index (χ1v) is 2.89. The molecular weight excluding hydrogens is 120 g/mol. The minimum absolute atomic E-state index is 0.0284. The number of nitrogens with one attached hydrogen (secondary N) is 1. The summed E-state index contributed by atoms with van der Waals surface area (Å²) in [6.45, 7) is 1.73. The smallest absolute Gasteiger partial charge is 0.226 e. The highest BCUT2D eigenvalue weighted by Gasteiger charge is 2.26. The Morgan fingerprint density at radius 1 is 2.00 bits per heavy atom. The number of carbonyl (C=O) groups excluding carboxylic acids is 1. The molecule has 0 radical (unpaired) electrons. The molecule has 0 saturated carbocycles. The zero-order chi connectivity index (χ0) is 6.85. The van der Waals surface area contributed by atoms with Crippen LogP contribution in [0.1, 0.15) is 13.3 Å². The molecule has 1 amide bonds. The van der Waals surface area contributed by atoms with Crippen LogP contribution in [0.3, 0.4) is 0 Å². The van der Waals surface area contributed by atoms with Crippen molar-refractivity contribution in [2.24, 2.45) is 5.73 Å². The van der Waals surface area contributed by atoms with Crippen LogP contribution in [0.5, 0.6) is 0 Å². The van der Waals surface area contributed by atoms with E-state index in [4.69, 9.17) is 10.5 Å². The van der Waals surface area contributed by atoms with E-state index < -0.39 is 0 Å². The lowest BCUT2D eigenvalue weighted by atomic mass is 10.2. The molecule has 1 aliphatic heterocycles. The van der Waals surface area contributed by atoms with Gasteiger partial charge in [-0.15, -0.1) is 0 Å². The SMILES string of the molecule is CC(N)OC1CC(=O)N1. The highest BCUT2D eigenvalue weighted by atomic mass is 16.5. The molecule has 2 unspecified atom stereocenters. The van der Waals surface area contributed by atoms with E-state index in [9.17, 15) is 4.79 Å². The molecule has 52 valence electrons. The van der Waals surface area contributed by atoms with Crippen LogP contribution in [0.2, 0.25) is 0 Å². The van der Waals surface area contributed by atoms with Gasteiger partial charge in [0.2, 0.25) is 5.91 Å². The molecular formula is C5H10N2O2. The summed E-state index contributed by atoms with van der Waals surface area (Å²) in [6.07, 6.45) is 0.00903. The normalized spacial score (nSPS) is 28.7. The number of hydrogen-bond donors (Lipinski definition) is 2. The van der Waals surface area contributed by atoms with E-state index in [1.807, 2.05) is 0 Å². The van der Waals surface area contributed by atoms with Crippen LogP contribution < -0.4 is 11.1 Å². The van der Waals surface area contributed by atoms with Gasteiger partial charge in [-0.25, -0.2) is 0 Å². The van der Waals surface area contributed by atoms with Crippen molar-refractivity contribution in [1.29, 1.82) is 0 Å². The lowest BCUT2D eigenvalue weighted by Gasteiger charge is -2.28. The largest absolute Gasteiger partial charge is 0.340 e. The summed E-state index contributed by atoms with van der Waals surface area (Å²) in [7, 11) is 0. The number of ether oxygens (including phenoxy) is 1. The van der Waals surface area contributed by atoms with Gasteiger partial charge in [-0.05, 0) is 6.92 Å². The zero-order valence-electron chi connectivity index (χ0n) is 5.26. The highest BCUT2D eigenvalue weighted by Crippen LogP contribution is 2.05. The van der Waals surface area contributed by atoms with E-state index in [2.05, 4.69) is 5.32 Å². The molecule has 1 saturated heterocycles. The molecule has 4 nitrogen and oxygen atoms in total. The molecule has 1 rings (SSSR count). The van der Waals surface area contributed by atoms with E-state index in [1.165, 1.54) is 0 Å². The van der Waals surface area contributed by atoms with E-state index in [1.54, 1.807) is 6.92 Å². The fourth-order valence-electron chi connectivity index (χ4n) is 0.668. The number of carbonyl (C=O) groups is 1. The molecule has 4 heteroatoms. The minimum atomic E-state index is -0.296. The predicted molar refractivity (Wildman–Crippen MR) is 31.3 cm³/mol. The Morgan fingerprint density at radius 2 is 2.56 bits per heavy atom.